The van der Waals surface area contributed by atoms with Gasteiger partial charge in [-0.1, -0.05) is 23.7 Å². The van der Waals surface area contributed by atoms with Crippen molar-refractivity contribution in [3.05, 3.63) is 63.2 Å². The normalized spacial score (nSPS) is 10.9. The Kier molecular flexibility index (Phi) is 5.19. The zero-order valence-corrected chi connectivity index (χ0v) is 15.6. The Morgan fingerprint density at radius 2 is 2.24 bits per heavy atom. The monoisotopic (exact) mass is 425 g/mol. The maximum atomic E-state index is 13.2. The molecule has 0 radical (unpaired) electrons. The lowest BCUT2D eigenvalue weighted by Crippen LogP contribution is -2.20. The first-order chi connectivity index (χ1) is 11.9. The molecule has 130 valence electrons. The molecule has 1 N–H and O–H groups in total. The number of nitrogens with zero attached hydrogens (tertiary/aromatic N) is 4. The van der Waals surface area contributed by atoms with Crippen molar-refractivity contribution < 1.29 is 9.18 Å². The van der Waals surface area contributed by atoms with Crippen LogP contribution in [-0.2, 0) is 17.9 Å². The van der Waals surface area contributed by atoms with Gasteiger partial charge in [0.15, 0.2) is 5.82 Å². The zero-order chi connectivity index (χ0) is 18.0. The molecule has 0 spiro atoms. The smallest absolute Gasteiger partial charge is 0.247 e. The van der Waals surface area contributed by atoms with Gasteiger partial charge in [0.1, 0.15) is 17.4 Å². The Morgan fingerprint density at radius 3 is 2.92 bits per heavy atom. The maximum Gasteiger partial charge on any atom is 0.247 e. The molecule has 0 aliphatic carbocycles. The van der Waals surface area contributed by atoms with Crippen LogP contribution in [0.1, 0.15) is 11.3 Å². The largest absolute Gasteiger partial charge is 0.306 e. The highest BCUT2D eigenvalue weighted by atomic mass is 79.9. The Bertz CT molecular complexity index is 923. The van der Waals surface area contributed by atoms with Crippen molar-refractivity contribution in [2.45, 2.75) is 20.0 Å². The minimum absolute atomic E-state index is 0.0461. The Morgan fingerprint density at radius 1 is 1.44 bits per heavy atom. The third kappa shape index (κ3) is 4.26. The number of halogens is 3. The van der Waals surface area contributed by atoms with Crippen LogP contribution >= 0.6 is 27.5 Å². The van der Waals surface area contributed by atoms with Crippen molar-refractivity contribution >= 4 is 39.3 Å². The topological polar surface area (TPSA) is 64.7 Å². The third-order valence-electron chi connectivity index (χ3n) is 3.55. The second-order valence-corrected chi connectivity index (χ2v) is 6.70. The van der Waals surface area contributed by atoms with Crippen LogP contribution in [0.15, 0.2) is 41.1 Å². The molecule has 3 aromatic rings. The molecular formula is C16H14BrClFN5O. The number of anilines is 1. The van der Waals surface area contributed by atoms with Crippen LogP contribution < -0.4 is 5.32 Å². The average Bonchev–Trinajstić information content (AvgIpc) is 3.04. The van der Waals surface area contributed by atoms with Crippen LogP contribution in [0.25, 0.3) is 0 Å². The summed E-state index contributed by atoms with van der Waals surface area (Å²) in [6.07, 6.45) is 3.21. The maximum absolute atomic E-state index is 13.2. The summed E-state index contributed by atoms with van der Waals surface area (Å²) in [4.78, 5) is 12.2. The Balaban J connectivity index is 1.68. The number of amides is 1. The molecule has 0 aliphatic rings. The molecule has 2 aromatic heterocycles. The van der Waals surface area contributed by atoms with Crippen LogP contribution in [-0.4, -0.2) is 25.5 Å². The Labute approximate surface area is 156 Å². The fourth-order valence-corrected chi connectivity index (χ4v) is 2.77. The number of nitrogens with one attached hydrogen (secondary N) is 1. The molecule has 0 bridgehead atoms. The van der Waals surface area contributed by atoms with E-state index in [2.05, 4.69) is 31.4 Å². The van der Waals surface area contributed by atoms with Crippen LogP contribution in [0.3, 0.4) is 0 Å². The molecule has 0 fully saturated rings. The predicted molar refractivity (Wildman–Crippen MR) is 96.0 cm³/mol. The molecule has 0 atom stereocenters. The van der Waals surface area contributed by atoms with Crippen molar-refractivity contribution in [1.82, 2.24) is 19.6 Å². The molecule has 0 unspecified atom stereocenters. The Hall–Kier alpha value is -2.19. The van der Waals surface area contributed by atoms with E-state index in [0.717, 1.165) is 15.7 Å². The molecule has 9 heteroatoms. The first-order valence-corrected chi connectivity index (χ1v) is 8.54. The van der Waals surface area contributed by atoms with E-state index in [4.69, 9.17) is 11.6 Å². The summed E-state index contributed by atoms with van der Waals surface area (Å²) in [5, 5.41) is 11.3. The first-order valence-electron chi connectivity index (χ1n) is 7.37. The van der Waals surface area contributed by atoms with Gasteiger partial charge in [0.05, 0.1) is 22.9 Å². The number of rotatable bonds is 5. The highest BCUT2D eigenvalue weighted by molar-refractivity contribution is 9.10. The van der Waals surface area contributed by atoms with Gasteiger partial charge >= 0.3 is 0 Å². The van der Waals surface area contributed by atoms with Crippen molar-refractivity contribution in [3.63, 3.8) is 0 Å². The van der Waals surface area contributed by atoms with E-state index in [0.29, 0.717) is 11.6 Å². The van der Waals surface area contributed by atoms with E-state index in [1.807, 2.05) is 6.92 Å². The highest BCUT2D eigenvalue weighted by Gasteiger charge is 2.13. The minimum Gasteiger partial charge on any atom is -0.306 e. The number of hydrogen-bond acceptors (Lipinski definition) is 3. The summed E-state index contributed by atoms with van der Waals surface area (Å²) in [6, 6.07) is 6.21. The second-order valence-electron chi connectivity index (χ2n) is 5.44. The summed E-state index contributed by atoms with van der Waals surface area (Å²) in [7, 11) is 0. The van der Waals surface area contributed by atoms with Crippen LogP contribution in [0.5, 0.6) is 0 Å². The number of benzene rings is 1. The fraction of sp³-hybridized carbons (Fsp3) is 0.188. The van der Waals surface area contributed by atoms with Gasteiger partial charge in [-0.15, -0.1) is 0 Å². The average molecular weight is 427 g/mol. The molecule has 1 aromatic carbocycles. The zero-order valence-electron chi connectivity index (χ0n) is 13.2. The van der Waals surface area contributed by atoms with Crippen molar-refractivity contribution in [2.24, 2.45) is 0 Å². The van der Waals surface area contributed by atoms with Gasteiger partial charge in [-0.25, -0.2) is 4.39 Å². The number of hydrogen-bond donors (Lipinski definition) is 1. The van der Waals surface area contributed by atoms with Crippen molar-refractivity contribution in [2.75, 3.05) is 5.32 Å². The van der Waals surface area contributed by atoms with Gasteiger partial charge in [-0.2, -0.15) is 10.2 Å². The minimum atomic E-state index is -0.315. The van der Waals surface area contributed by atoms with E-state index in [-0.39, 0.29) is 24.1 Å². The summed E-state index contributed by atoms with van der Waals surface area (Å²) < 4.78 is 17.2. The lowest BCUT2D eigenvalue weighted by Gasteiger charge is -2.05. The van der Waals surface area contributed by atoms with E-state index in [9.17, 15) is 9.18 Å². The quantitative estimate of drug-likeness (QED) is 0.677. The van der Waals surface area contributed by atoms with Gasteiger partial charge in [-0.05, 0) is 40.5 Å². The lowest BCUT2D eigenvalue weighted by molar-refractivity contribution is -0.117. The van der Waals surface area contributed by atoms with Crippen LogP contribution in [0, 0.1) is 12.7 Å². The lowest BCUT2D eigenvalue weighted by atomic mass is 10.2. The van der Waals surface area contributed by atoms with E-state index in [1.165, 1.54) is 12.1 Å². The number of carbonyl (C=O) groups excluding carboxylic acids is 1. The van der Waals surface area contributed by atoms with Crippen LogP contribution in [0.2, 0.25) is 5.02 Å². The number of aromatic nitrogens is 4. The molecule has 2 heterocycles. The fourth-order valence-electron chi connectivity index (χ4n) is 2.28. The third-order valence-corrected chi connectivity index (χ3v) is 4.60. The van der Waals surface area contributed by atoms with Crippen LogP contribution in [0.4, 0.5) is 10.2 Å². The van der Waals surface area contributed by atoms with Gasteiger partial charge in [-0.3, -0.25) is 14.2 Å². The highest BCUT2D eigenvalue weighted by Crippen LogP contribution is 2.20. The number of carbonyl (C=O) groups is 1. The molecule has 6 nitrogen and oxygen atoms in total. The van der Waals surface area contributed by atoms with Gasteiger partial charge in [0, 0.05) is 6.20 Å². The summed E-state index contributed by atoms with van der Waals surface area (Å²) in [6.45, 7) is 2.24. The van der Waals surface area contributed by atoms with Crippen molar-refractivity contribution in [3.8, 4) is 0 Å². The van der Waals surface area contributed by atoms with E-state index < -0.39 is 0 Å². The molecule has 25 heavy (non-hydrogen) atoms. The van der Waals surface area contributed by atoms with Gasteiger partial charge < -0.3 is 5.32 Å². The summed E-state index contributed by atoms with van der Waals surface area (Å²) >= 11 is 9.47. The van der Waals surface area contributed by atoms with Crippen molar-refractivity contribution in [1.29, 1.82) is 0 Å². The molecular weight excluding hydrogens is 413 g/mol. The predicted octanol–water partition coefficient (Wildman–Crippen LogP) is 3.63. The molecule has 0 saturated heterocycles. The van der Waals surface area contributed by atoms with Gasteiger partial charge in [0.25, 0.3) is 0 Å². The molecule has 0 saturated carbocycles. The molecule has 1 amide bonds. The first kappa shape index (κ1) is 17.6. The van der Waals surface area contributed by atoms with E-state index in [1.54, 1.807) is 33.9 Å². The van der Waals surface area contributed by atoms with E-state index >= 15 is 0 Å². The summed E-state index contributed by atoms with van der Waals surface area (Å²) in [5.41, 5.74) is 1.59. The molecule has 0 aliphatic heterocycles. The SMILES string of the molecule is Cc1c(Br)cnn1CC(=O)Nc1nn(Cc2cccc(F)c2)cc1Cl. The standard InChI is InChI=1S/C16H14BrClFN5O/c1-10-13(17)6-20-24(10)9-15(25)21-16-14(18)8-23(22-16)7-11-3-2-4-12(19)5-11/h2-6,8H,7,9H2,1H3,(H,21,22,25). The second kappa shape index (κ2) is 7.37. The summed E-state index contributed by atoms with van der Waals surface area (Å²) in [5.74, 6) is -0.353. The molecule has 3 rings (SSSR count). The van der Waals surface area contributed by atoms with Gasteiger partial charge in [0.2, 0.25) is 5.91 Å².